The lowest BCUT2D eigenvalue weighted by Gasteiger charge is -2.29. The van der Waals surface area contributed by atoms with E-state index in [-0.39, 0.29) is 0 Å². The van der Waals surface area contributed by atoms with Crippen LogP contribution in [0.25, 0.3) is 0 Å². The molecule has 1 aromatic rings. The van der Waals surface area contributed by atoms with E-state index >= 15 is 0 Å². The summed E-state index contributed by atoms with van der Waals surface area (Å²) in [6, 6.07) is 0.426. The highest BCUT2D eigenvalue weighted by molar-refractivity contribution is 6.30. The third-order valence-corrected chi connectivity index (χ3v) is 3.70. The van der Waals surface area contributed by atoms with Crippen LogP contribution >= 0.6 is 11.6 Å². The van der Waals surface area contributed by atoms with Gasteiger partial charge in [0.15, 0.2) is 11.0 Å². The van der Waals surface area contributed by atoms with Crippen molar-refractivity contribution in [3.05, 3.63) is 16.3 Å². The Balaban J connectivity index is 2.95. The first-order chi connectivity index (χ1) is 8.49. The molecule has 0 unspecified atom stereocenters. The Morgan fingerprint density at radius 3 is 2.33 bits per heavy atom. The highest BCUT2D eigenvalue weighted by atomic mass is 35.5. The summed E-state index contributed by atoms with van der Waals surface area (Å²) >= 11 is 6.00. The van der Waals surface area contributed by atoms with Gasteiger partial charge in [0.2, 0.25) is 0 Å². The molecule has 0 aliphatic heterocycles. The van der Waals surface area contributed by atoms with Gasteiger partial charge in [0, 0.05) is 12.6 Å². The van der Waals surface area contributed by atoms with Gasteiger partial charge in [-0.1, -0.05) is 31.4 Å². The van der Waals surface area contributed by atoms with Crippen molar-refractivity contribution in [2.45, 2.75) is 59.9 Å². The molecule has 3 nitrogen and oxygen atoms in total. The van der Waals surface area contributed by atoms with Crippen LogP contribution in [0, 0.1) is 13.8 Å². The predicted molar refractivity (Wildman–Crippen MR) is 78.5 cm³/mol. The molecule has 0 radical (unpaired) electrons. The topological polar surface area (TPSA) is 29.0 Å². The molecular formula is C14H24ClN3. The summed E-state index contributed by atoms with van der Waals surface area (Å²) in [6.45, 7) is 11.7. The molecule has 102 valence electrons. The molecule has 0 atom stereocenters. The molecule has 0 saturated carbocycles. The molecule has 0 amide bonds. The van der Waals surface area contributed by atoms with Crippen molar-refractivity contribution >= 4 is 17.4 Å². The van der Waals surface area contributed by atoms with Gasteiger partial charge in [-0.05, 0) is 45.2 Å². The molecule has 0 aliphatic rings. The zero-order valence-corrected chi connectivity index (χ0v) is 12.9. The van der Waals surface area contributed by atoms with Crippen molar-refractivity contribution in [2.24, 2.45) is 0 Å². The molecule has 0 aromatic carbocycles. The minimum atomic E-state index is 0.426. The first-order valence-electron chi connectivity index (χ1n) is 6.75. The van der Waals surface area contributed by atoms with E-state index in [9.17, 15) is 0 Å². The third kappa shape index (κ3) is 3.58. The Labute approximate surface area is 116 Å². The van der Waals surface area contributed by atoms with E-state index in [1.165, 1.54) is 19.3 Å². The van der Waals surface area contributed by atoms with Crippen LogP contribution in [-0.2, 0) is 0 Å². The fraction of sp³-hybridized carbons (Fsp3) is 0.714. The number of rotatable bonds is 6. The largest absolute Gasteiger partial charge is 0.352 e. The molecule has 1 rings (SSSR count). The van der Waals surface area contributed by atoms with Gasteiger partial charge in [0.25, 0.3) is 0 Å². The van der Waals surface area contributed by atoms with E-state index in [1.807, 2.05) is 6.92 Å². The van der Waals surface area contributed by atoms with E-state index in [0.717, 1.165) is 23.5 Å². The smallest absolute Gasteiger partial charge is 0.155 e. The zero-order chi connectivity index (χ0) is 13.7. The number of nitrogens with zero attached hydrogens (tertiary/aromatic N) is 3. The lowest BCUT2D eigenvalue weighted by Crippen LogP contribution is -2.33. The number of unbranched alkanes of at least 4 members (excludes halogenated alkanes) is 2. The summed E-state index contributed by atoms with van der Waals surface area (Å²) in [7, 11) is 0. The maximum atomic E-state index is 6.00. The van der Waals surface area contributed by atoms with Gasteiger partial charge in [-0.3, -0.25) is 0 Å². The van der Waals surface area contributed by atoms with Crippen molar-refractivity contribution in [1.29, 1.82) is 0 Å². The van der Waals surface area contributed by atoms with Gasteiger partial charge in [0.05, 0.1) is 0 Å². The average molecular weight is 270 g/mol. The maximum absolute atomic E-state index is 6.00. The van der Waals surface area contributed by atoms with Crippen molar-refractivity contribution in [3.8, 4) is 0 Å². The Morgan fingerprint density at radius 1 is 1.11 bits per heavy atom. The van der Waals surface area contributed by atoms with Crippen LogP contribution in [0.1, 0.15) is 51.2 Å². The second-order valence-corrected chi connectivity index (χ2v) is 5.42. The van der Waals surface area contributed by atoms with Crippen LogP contribution in [0.5, 0.6) is 0 Å². The van der Waals surface area contributed by atoms with E-state index in [4.69, 9.17) is 11.6 Å². The summed E-state index contributed by atoms with van der Waals surface area (Å²) < 4.78 is 0. The fourth-order valence-corrected chi connectivity index (χ4v) is 2.16. The van der Waals surface area contributed by atoms with Gasteiger partial charge in [-0.15, -0.1) is 10.2 Å². The van der Waals surface area contributed by atoms with Crippen LogP contribution in [0.4, 0.5) is 5.82 Å². The Morgan fingerprint density at radius 2 is 1.78 bits per heavy atom. The molecule has 1 aromatic heterocycles. The van der Waals surface area contributed by atoms with Crippen LogP contribution in [0.3, 0.4) is 0 Å². The highest BCUT2D eigenvalue weighted by Gasteiger charge is 2.17. The van der Waals surface area contributed by atoms with Crippen LogP contribution < -0.4 is 4.90 Å². The molecule has 0 bridgehead atoms. The minimum absolute atomic E-state index is 0.426. The molecule has 4 heteroatoms. The number of hydrogen-bond acceptors (Lipinski definition) is 3. The predicted octanol–water partition coefficient (Wildman–Crippen LogP) is 4.15. The zero-order valence-electron chi connectivity index (χ0n) is 12.1. The summed E-state index contributed by atoms with van der Waals surface area (Å²) in [5.74, 6) is 0.975. The summed E-state index contributed by atoms with van der Waals surface area (Å²) in [5.41, 5.74) is 2.17. The molecule has 0 saturated heterocycles. The van der Waals surface area contributed by atoms with Crippen LogP contribution in [0.2, 0.25) is 5.15 Å². The first kappa shape index (κ1) is 15.2. The Kier molecular flexibility index (Phi) is 5.86. The summed E-state index contributed by atoms with van der Waals surface area (Å²) in [4.78, 5) is 2.32. The quantitative estimate of drug-likeness (QED) is 0.727. The molecule has 0 aliphatic carbocycles. The molecule has 0 spiro atoms. The molecular weight excluding hydrogens is 246 g/mol. The van der Waals surface area contributed by atoms with Crippen molar-refractivity contribution in [2.75, 3.05) is 11.4 Å². The normalized spacial score (nSPS) is 11.1. The van der Waals surface area contributed by atoms with Gasteiger partial charge in [0.1, 0.15) is 0 Å². The van der Waals surface area contributed by atoms with Crippen molar-refractivity contribution in [1.82, 2.24) is 10.2 Å². The van der Waals surface area contributed by atoms with E-state index in [2.05, 4.69) is 42.8 Å². The molecule has 1 heterocycles. The molecule has 18 heavy (non-hydrogen) atoms. The number of hydrogen-bond donors (Lipinski definition) is 0. The number of halogens is 1. The average Bonchev–Trinajstić information content (AvgIpc) is 2.33. The maximum Gasteiger partial charge on any atom is 0.155 e. The number of anilines is 1. The third-order valence-electron chi connectivity index (χ3n) is 3.34. The number of aromatic nitrogens is 2. The minimum Gasteiger partial charge on any atom is -0.352 e. The standard InChI is InChI=1S/C14H24ClN3/c1-6-7-8-9-18(10(2)3)14-12(5)11(4)13(15)16-17-14/h10H,6-9H2,1-5H3. The first-order valence-corrected chi connectivity index (χ1v) is 7.12. The second kappa shape index (κ2) is 6.93. The SMILES string of the molecule is CCCCCN(c1nnc(Cl)c(C)c1C)C(C)C. The van der Waals surface area contributed by atoms with Crippen molar-refractivity contribution in [3.63, 3.8) is 0 Å². The lowest BCUT2D eigenvalue weighted by molar-refractivity contribution is 0.614. The van der Waals surface area contributed by atoms with Crippen LogP contribution in [0.15, 0.2) is 0 Å². The van der Waals surface area contributed by atoms with E-state index in [1.54, 1.807) is 0 Å². The fourth-order valence-electron chi connectivity index (χ4n) is 1.98. The lowest BCUT2D eigenvalue weighted by atomic mass is 10.1. The van der Waals surface area contributed by atoms with Gasteiger partial charge >= 0.3 is 0 Å². The molecule has 0 fully saturated rings. The summed E-state index contributed by atoms with van der Waals surface area (Å²) in [6.07, 6.45) is 3.68. The molecule has 0 N–H and O–H groups in total. The monoisotopic (exact) mass is 269 g/mol. The Hall–Kier alpha value is -0.830. The second-order valence-electron chi connectivity index (χ2n) is 5.06. The van der Waals surface area contributed by atoms with Gasteiger partial charge < -0.3 is 4.90 Å². The van der Waals surface area contributed by atoms with E-state index in [0.29, 0.717) is 11.2 Å². The van der Waals surface area contributed by atoms with Crippen molar-refractivity contribution < 1.29 is 0 Å². The summed E-state index contributed by atoms with van der Waals surface area (Å²) in [5, 5.41) is 8.84. The van der Waals surface area contributed by atoms with Crippen LogP contribution in [-0.4, -0.2) is 22.8 Å². The van der Waals surface area contributed by atoms with Gasteiger partial charge in [-0.25, -0.2) is 0 Å². The van der Waals surface area contributed by atoms with Gasteiger partial charge in [-0.2, -0.15) is 0 Å². The highest BCUT2D eigenvalue weighted by Crippen LogP contribution is 2.25. The Bertz CT molecular complexity index is 391. The van der Waals surface area contributed by atoms with E-state index < -0.39 is 0 Å².